The number of nitrogens with one attached hydrogen (secondary N) is 2. The van der Waals surface area contributed by atoms with E-state index in [1.165, 1.54) is 4.88 Å². The topological polar surface area (TPSA) is 72.9 Å². The molecule has 1 saturated heterocycles. The molecule has 2 aromatic heterocycles. The van der Waals surface area contributed by atoms with Crippen molar-refractivity contribution in [1.29, 1.82) is 0 Å². The van der Waals surface area contributed by atoms with Crippen LogP contribution in [0.3, 0.4) is 0 Å². The van der Waals surface area contributed by atoms with Crippen LogP contribution in [0.5, 0.6) is 0 Å². The van der Waals surface area contributed by atoms with Gasteiger partial charge in [-0.05, 0) is 58.7 Å². The molecule has 0 saturated carbocycles. The summed E-state index contributed by atoms with van der Waals surface area (Å²) in [6, 6.07) is 6.50. The van der Waals surface area contributed by atoms with Crippen LogP contribution in [-0.2, 0) is 17.6 Å². The molecule has 1 atom stereocenters. The summed E-state index contributed by atoms with van der Waals surface area (Å²) >= 11 is 0.963. The van der Waals surface area contributed by atoms with Crippen LogP contribution < -0.4 is 10.6 Å². The van der Waals surface area contributed by atoms with Crippen LogP contribution in [0.2, 0.25) is 0 Å². The summed E-state index contributed by atoms with van der Waals surface area (Å²) in [6.45, 7) is 8.99. The monoisotopic (exact) mass is 406 g/mol. The maximum atomic E-state index is 11.3. The zero-order chi connectivity index (χ0) is 19.7. The summed E-state index contributed by atoms with van der Waals surface area (Å²) in [6.07, 6.45) is 6.48. The number of hydrogen-bond acceptors (Lipinski definition) is 6. The molecule has 1 unspecified atom stereocenters. The van der Waals surface area contributed by atoms with E-state index >= 15 is 0 Å². The van der Waals surface area contributed by atoms with E-state index in [1.54, 1.807) is 17.6 Å². The molecule has 0 aromatic carbocycles. The summed E-state index contributed by atoms with van der Waals surface area (Å²) in [5, 5.41) is 7.26. The third-order valence-corrected chi connectivity index (χ3v) is 6.68. The Morgan fingerprint density at radius 3 is 2.59 bits per heavy atom. The number of aryl methyl sites for hydroxylation is 1. The van der Waals surface area contributed by atoms with Gasteiger partial charge in [0.2, 0.25) is 5.95 Å². The molecule has 1 aliphatic rings. The van der Waals surface area contributed by atoms with Crippen LogP contribution in [0.4, 0.5) is 5.95 Å². The molecule has 0 bridgehead atoms. The first-order chi connectivity index (χ1) is 12.6. The Morgan fingerprint density at radius 2 is 1.93 bits per heavy atom. The third-order valence-electron chi connectivity index (χ3n) is 4.73. The standard InChI is InChI=1S/C20H30N4OS2/c1-19(2)12-14(13-20(3,4)24-19)22-18-21-10-8-16(23-18)17-7-6-15(26-17)9-11-27(5)25/h6-8,10,14,24H,9,11-13H2,1-5H3,(H,21,22,23). The number of nitrogens with zero attached hydrogens (tertiary/aromatic N) is 2. The van der Waals surface area contributed by atoms with Gasteiger partial charge in [0.15, 0.2) is 0 Å². The van der Waals surface area contributed by atoms with Crippen molar-refractivity contribution in [3.05, 3.63) is 29.3 Å². The van der Waals surface area contributed by atoms with Crippen LogP contribution in [0.1, 0.15) is 45.4 Å². The summed E-state index contributed by atoms with van der Waals surface area (Å²) in [5.74, 6) is 1.40. The molecule has 1 aliphatic heterocycles. The molecule has 3 heterocycles. The van der Waals surface area contributed by atoms with E-state index in [2.05, 4.69) is 55.4 Å². The predicted octanol–water partition coefficient (Wildman–Crippen LogP) is 3.85. The average Bonchev–Trinajstić information content (AvgIpc) is 2.99. The molecule has 3 rings (SSSR count). The predicted molar refractivity (Wildman–Crippen MR) is 116 cm³/mol. The fourth-order valence-electron chi connectivity index (χ4n) is 4.07. The van der Waals surface area contributed by atoms with Gasteiger partial charge < -0.3 is 15.2 Å². The second-order valence-electron chi connectivity index (χ2n) is 8.70. The molecular formula is C20H30N4OS2. The first-order valence-corrected chi connectivity index (χ1v) is 11.9. The minimum atomic E-state index is -0.756. The molecule has 1 fully saturated rings. The Hall–Kier alpha value is -1.15. The highest BCUT2D eigenvalue weighted by atomic mass is 32.2. The summed E-state index contributed by atoms with van der Waals surface area (Å²) < 4.78 is 11.3. The number of aromatic nitrogens is 2. The molecule has 27 heavy (non-hydrogen) atoms. The van der Waals surface area contributed by atoms with E-state index in [1.807, 2.05) is 12.3 Å². The Balaban J connectivity index is 1.71. The number of hydrogen-bond donors (Lipinski definition) is 2. The van der Waals surface area contributed by atoms with Gasteiger partial charge in [-0.3, -0.25) is 0 Å². The quantitative estimate of drug-likeness (QED) is 0.713. The summed E-state index contributed by atoms with van der Waals surface area (Å²) in [7, 11) is 0. The van der Waals surface area contributed by atoms with Crippen molar-refractivity contribution in [3.8, 4) is 10.6 Å². The highest BCUT2D eigenvalue weighted by Gasteiger charge is 2.37. The van der Waals surface area contributed by atoms with E-state index in [-0.39, 0.29) is 11.1 Å². The Labute approximate surface area is 169 Å². The smallest absolute Gasteiger partial charge is 0.223 e. The van der Waals surface area contributed by atoms with Crippen LogP contribution in [0, 0.1) is 0 Å². The lowest BCUT2D eigenvalue weighted by atomic mass is 9.80. The summed E-state index contributed by atoms with van der Waals surface area (Å²) in [4.78, 5) is 11.6. The molecule has 7 heteroatoms. The highest BCUT2D eigenvalue weighted by Crippen LogP contribution is 2.31. The van der Waals surface area contributed by atoms with Crippen LogP contribution >= 0.6 is 11.3 Å². The van der Waals surface area contributed by atoms with Crippen molar-refractivity contribution in [2.75, 3.05) is 17.3 Å². The lowest BCUT2D eigenvalue weighted by Gasteiger charge is -2.46. The van der Waals surface area contributed by atoms with Crippen molar-refractivity contribution in [3.63, 3.8) is 0 Å². The molecular weight excluding hydrogens is 376 g/mol. The van der Waals surface area contributed by atoms with Crippen molar-refractivity contribution in [1.82, 2.24) is 15.3 Å². The molecule has 0 amide bonds. The van der Waals surface area contributed by atoms with Crippen molar-refractivity contribution in [2.24, 2.45) is 0 Å². The van der Waals surface area contributed by atoms with Crippen LogP contribution in [0.25, 0.3) is 10.6 Å². The first kappa shape index (κ1) is 20.6. The van der Waals surface area contributed by atoms with Gasteiger partial charge in [0.1, 0.15) is 5.75 Å². The highest BCUT2D eigenvalue weighted by molar-refractivity contribution is 7.90. The maximum Gasteiger partial charge on any atom is 0.223 e. The molecule has 0 radical (unpaired) electrons. The van der Waals surface area contributed by atoms with Crippen molar-refractivity contribution >= 4 is 28.5 Å². The van der Waals surface area contributed by atoms with Gasteiger partial charge in [-0.15, -0.1) is 11.3 Å². The third kappa shape index (κ3) is 5.91. The van der Waals surface area contributed by atoms with Gasteiger partial charge in [0.25, 0.3) is 0 Å². The second kappa shape index (κ2) is 8.07. The molecule has 2 N–H and O–H groups in total. The number of piperidine rings is 1. The van der Waals surface area contributed by atoms with Crippen molar-refractivity contribution in [2.45, 2.75) is 64.1 Å². The Morgan fingerprint density at radius 1 is 1.22 bits per heavy atom. The van der Waals surface area contributed by atoms with Gasteiger partial charge in [-0.25, -0.2) is 9.97 Å². The Bertz CT molecular complexity index is 757. The molecule has 5 nitrogen and oxygen atoms in total. The fraction of sp³-hybridized carbons (Fsp3) is 0.600. The molecule has 0 spiro atoms. The van der Waals surface area contributed by atoms with Gasteiger partial charge in [-0.2, -0.15) is 0 Å². The molecule has 0 aliphatic carbocycles. The summed E-state index contributed by atoms with van der Waals surface area (Å²) in [5.41, 5.74) is 1.10. The van der Waals surface area contributed by atoms with E-state index in [4.69, 9.17) is 4.98 Å². The maximum absolute atomic E-state index is 11.3. The first-order valence-electron chi connectivity index (χ1n) is 9.40. The second-order valence-corrected chi connectivity index (χ2v) is 11.4. The average molecular weight is 407 g/mol. The fourth-order valence-corrected chi connectivity index (χ4v) is 5.68. The minimum absolute atomic E-state index is 0.0824. The van der Waals surface area contributed by atoms with Crippen molar-refractivity contribution < 1.29 is 4.55 Å². The normalized spacial score (nSPS) is 20.4. The number of anilines is 1. The lowest BCUT2D eigenvalue weighted by Crippen LogP contribution is -2.60. The van der Waals surface area contributed by atoms with E-state index in [0.717, 1.165) is 29.8 Å². The SMILES string of the molecule is C[S+]([O-])CCc1ccc(-c2ccnc(NC3CC(C)(C)NC(C)(C)C3)n2)s1. The number of rotatable bonds is 6. The van der Waals surface area contributed by atoms with Gasteiger partial charge in [0, 0.05) is 34.6 Å². The van der Waals surface area contributed by atoms with E-state index in [0.29, 0.717) is 17.7 Å². The largest absolute Gasteiger partial charge is 0.617 e. The molecule has 2 aromatic rings. The minimum Gasteiger partial charge on any atom is -0.617 e. The van der Waals surface area contributed by atoms with Crippen LogP contribution in [-0.4, -0.2) is 43.6 Å². The molecule has 148 valence electrons. The Kier molecular flexibility index (Phi) is 6.15. The zero-order valence-corrected chi connectivity index (χ0v) is 18.5. The number of thiophene rings is 1. The van der Waals surface area contributed by atoms with Crippen LogP contribution in [0.15, 0.2) is 24.4 Å². The van der Waals surface area contributed by atoms with Gasteiger partial charge in [0.05, 0.1) is 16.8 Å². The van der Waals surface area contributed by atoms with E-state index < -0.39 is 11.2 Å². The lowest BCUT2D eigenvalue weighted by molar-refractivity contribution is 0.170. The zero-order valence-electron chi connectivity index (χ0n) is 16.8. The van der Waals surface area contributed by atoms with E-state index in [9.17, 15) is 4.55 Å². The van der Waals surface area contributed by atoms with Gasteiger partial charge >= 0.3 is 0 Å². The van der Waals surface area contributed by atoms with Gasteiger partial charge in [-0.1, -0.05) is 11.2 Å².